The molecule has 0 unspecified atom stereocenters. The molecule has 0 aliphatic rings. The molecule has 0 aliphatic heterocycles. The van der Waals surface area contributed by atoms with Crippen LogP contribution in [0, 0.1) is 20.8 Å². The van der Waals surface area contributed by atoms with Crippen molar-refractivity contribution in [3.8, 4) is 0 Å². The summed E-state index contributed by atoms with van der Waals surface area (Å²) in [6, 6.07) is 7.43. The maximum atomic E-state index is 10.6. The Morgan fingerprint density at radius 3 is 1.73 bits per heavy atom. The number of halogens is 4. The Morgan fingerprint density at radius 1 is 0.818 bits per heavy atom. The Morgan fingerprint density at radius 2 is 1.27 bits per heavy atom. The van der Waals surface area contributed by atoms with Crippen LogP contribution >= 0.6 is 63.7 Å². The van der Waals surface area contributed by atoms with E-state index >= 15 is 0 Å². The zero-order chi connectivity index (χ0) is 17.0. The molecule has 2 nitrogen and oxygen atoms in total. The van der Waals surface area contributed by atoms with Crippen molar-refractivity contribution in [1.29, 1.82) is 0 Å². The van der Waals surface area contributed by atoms with E-state index in [1.54, 1.807) is 12.1 Å². The maximum absolute atomic E-state index is 10.6. The van der Waals surface area contributed by atoms with Gasteiger partial charge < -0.3 is 5.11 Å². The van der Waals surface area contributed by atoms with Crippen LogP contribution < -0.4 is 0 Å². The van der Waals surface area contributed by atoms with E-state index < -0.39 is 5.97 Å². The van der Waals surface area contributed by atoms with Gasteiger partial charge in [-0.1, -0.05) is 53.9 Å². The van der Waals surface area contributed by atoms with Crippen molar-refractivity contribution in [2.24, 2.45) is 0 Å². The Balaban J connectivity index is 0.000000224. The Bertz CT molecular complexity index is 685. The third-order valence-corrected chi connectivity index (χ3v) is 7.02. The highest BCUT2D eigenvalue weighted by molar-refractivity contribution is 9.11. The topological polar surface area (TPSA) is 37.3 Å². The molecule has 1 N–H and O–H groups in total. The SMILES string of the molecule is Cc1c(Br)ccc(C(=O)O)c1Br.Cc1ccc(Br)c(C)c1Br. The predicted octanol–water partition coefficient (Wildman–Crippen LogP) is 7.05. The molecule has 2 rings (SSSR count). The highest BCUT2D eigenvalue weighted by atomic mass is 79.9. The summed E-state index contributed by atoms with van der Waals surface area (Å²) in [5.74, 6) is -0.919. The molecule has 0 radical (unpaired) electrons. The second kappa shape index (κ2) is 8.62. The van der Waals surface area contributed by atoms with Gasteiger partial charge in [-0.25, -0.2) is 4.79 Å². The second-order valence-electron chi connectivity index (χ2n) is 4.64. The first-order chi connectivity index (χ1) is 10.2. The van der Waals surface area contributed by atoms with Gasteiger partial charge in [0.05, 0.1) is 5.56 Å². The highest BCUT2D eigenvalue weighted by Crippen LogP contribution is 2.28. The van der Waals surface area contributed by atoms with Crippen molar-refractivity contribution >= 4 is 69.7 Å². The monoisotopic (exact) mass is 554 g/mol. The summed E-state index contributed by atoms with van der Waals surface area (Å²) >= 11 is 13.5. The van der Waals surface area contributed by atoms with Gasteiger partial charge in [-0.2, -0.15) is 0 Å². The molecule has 118 valence electrons. The average Bonchev–Trinajstić information content (AvgIpc) is 2.47. The molecule has 0 saturated carbocycles. The fraction of sp³-hybridized carbons (Fsp3) is 0.188. The summed E-state index contributed by atoms with van der Waals surface area (Å²) in [5.41, 5.74) is 3.73. The predicted molar refractivity (Wildman–Crippen MR) is 105 cm³/mol. The third kappa shape index (κ3) is 4.91. The van der Waals surface area contributed by atoms with Crippen molar-refractivity contribution in [1.82, 2.24) is 0 Å². The van der Waals surface area contributed by atoms with Gasteiger partial charge in [-0.15, -0.1) is 0 Å². The van der Waals surface area contributed by atoms with Crippen LogP contribution in [0.3, 0.4) is 0 Å². The normalized spacial score (nSPS) is 9.95. The summed E-state index contributed by atoms with van der Waals surface area (Å²) in [6.07, 6.45) is 0. The lowest BCUT2D eigenvalue weighted by Gasteiger charge is -2.04. The number of rotatable bonds is 1. The van der Waals surface area contributed by atoms with Crippen LogP contribution in [0.5, 0.6) is 0 Å². The van der Waals surface area contributed by atoms with Crippen molar-refractivity contribution in [3.63, 3.8) is 0 Å². The molecular formula is C16H14Br4O2. The molecule has 22 heavy (non-hydrogen) atoms. The van der Waals surface area contributed by atoms with Crippen LogP contribution in [-0.2, 0) is 0 Å². The first-order valence-corrected chi connectivity index (χ1v) is 9.43. The van der Waals surface area contributed by atoms with E-state index in [1.807, 2.05) is 6.92 Å². The van der Waals surface area contributed by atoms with Gasteiger partial charge in [0.2, 0.25) is 0 Å². The number of carboxylic acids is 1. The number of carbonyl (C=O) groups is 1. The van der Waals surface area contributed by atoms with Gasteiger partial charge in [0.25, 0.3) is 0 Å². The van der Waals surface area contributed by atoms with Crippen LogP contribution in [0.4, 0.5) is 0 Å². The minimum atomic E-state index is -0.919. The van der Waals surface area contributed by atoms with Crippen LogP contribution in [0.15, 0.2) is 42.2 Å². The number of hydrogen-bond acceptors (Lipinski definition) is 1. The van der Waals surface area contributed by atoms with Gasteiger partial charge in [-0.3, -0.25) is 0 Å². The summed E-state index contributed by atoms with van der Waals surface area (Å²) < 4.78 is 3.88. The Hall–Kier alpha value is -0.170. The van der Waals surface area contributed by atoms with Gasteiger partial charge in [0, 0.05) is 17.9 Å². The van der Waals surface area contributed by atoms with Gasteiger partial charge in [0.15, 0.2) is 0 Å². The minimum absolute atomic E-state index is 0.288. The smallest absolute Gasteiger partial charge is 0.336 e. The summed E-state index contributed by atoms with van der Waals surface area (Å²) in [4.78, 5) is 10.6. The van der Waals surface area contributed by atoms with E-state index in [4.69, 9.17) is 5.11 Å². The molecule has 0 saturated heterocycles. The average molecular weight is 558 g/mol. The number of aromatic carboxylic acids is 1. The number of carboxylic acid groups (broad SMARTS) is 1. The molecule has 0 heterocycles. The molecule has 2 aromatic rings. The lowest BCUT2D eigenvalue weighted by atomic mass is 10.1. The van der Waals surface area contributed by atoms with Gasteiger partial charge in [-0.05, 0) is 71.6 Å². The molecular weight excluding hydrogens is 544 g/mol. The van der Waals surface area contributed by atoms with E-state index in [0.717, 1.165) is 14.5 Å². The summed E-state index contributed by atoms with van der Waals surface area (Å²) in [5, 5.41) is 8.74. The third-order valence-electron chi connectivity index (χ3n) is 3.06. The zero-order valence-corrected chi connectivity index (χ0v) is 18.5. The zero-order valence-electron chi connectivity index (χ0n) is 12.2. The first-order valence-electron chi connectivity index (χ1n) is 6.26. The fourth-order valence-electron chi connectivity index (χ4n) is 1.62. The molecule has 0 aliphatic carbocycles. The number of aryl methyl sites for hydroxylation is 1. The molecule has 0 amide bonds. The highest BCUT2D eigenvalue weighted by Gasteiger charge is 2.11. The van der Waals surface area contributed by atoms with Crippen molar-refractivity contribution in [3.05, 3.63) is 64.4 Å². The molecule has 0 fully saturated rings. The quantitative estimate of drug-likeness (QED) is 0.408. The second-order valence-corrected chi connectivity index (χ2v) is 7.94. The van der Waals surface area contributed by atoms with E-state index in [1.165, 1.54) is 15.6 Å². The van der Waals surface area contributed by atoms with Crippen molar-refractivity contribution < 1.29 is 9.90 Å². The lowest BCUT2D eigenvalue weighted by Crippen LogP contribution is -1.98. The molecule has 0 atom stereocenters. The van der Waals surface area contributed by atoms with Crippen LogP contribution in [-0.4, -0.2) is 11.1 Å². The fourth-order valence-corrected chi connectivity index (χ4v) is 3.68. The molecule has 0 aromatic heterocycles. The van der Waals surface area contributed by atoms with Gasteiger partial charge >= 0.3 is 5.97 Å². The Kier molecular flexibility index (Phi) is 7.79. The van der Waals surface area contributed by atoms with E-state index in [2.05, 4.69) is 89.7 Å². The van der Waals surface area contributed by atoms with Crippen molar-refractivity contribution in [2.45, 2.75) is 20.8 Å². The van der Waals surface area contributed by atoms with E-state index in [-0.39, 0.29) is 5.56 Å². The van der Waals surface area contributed by atoms with Crippen LogP contribution in [0.25, 0.3) is 0 Å². The first kappa shape index (κ1) is 19.9. The van der Waals surface area contributed by atoms with E-state index in [9.17, 15) is 4.79 Å². The summed E-state index contributed by atoms with van der Waals surface area (Å²) in [7, 11) is 0. The molecule has 2 aromatic carbocycles. The maximum Gasteiger partial charge on any atom is 0.336 e. The largest absolute Gasteiger partial charge is 0.478 e. The number of hydrogen-bond donors (Lipinski definition) is 1. The number of benzene rings is 2. The Labute approximate surface area is 163 Å². The van der Waals surface area contributed by atoms with E-state index in [0.29, 0.717) is 4.47 Å². The summed E-state index contributed by atoms with van der Waals surface area (Å²) in [6.45, 7) is 6.02. The standard InChI is InChI=1S/C8H6Br2O2.C8H8Br2/c1-4-6(9)3-2-5(7(4)10)8(11)12;1-5-3-4-7(9)6(2)8(5)10/h2-3H,1H3,(H,11,12);3-4H,1-2H3. The van der Waals surface area contributed by atoms with Crippen molar-refractivity contribution in [2.75, 3.05) is 0 Å². The lowest BCUT2D eigenvalue weighted by molar-refractivity contribution is 0.0695. The molecule has 0 bridgehead atoms. The molecule has 0 spiro atoms. The van der Waals surface area contributed by atoms with Crippen LogP contribution in [0.1, 0.15) is 27.0 Å². The van der Waals surface area contributed by atoms with Crippen LogP contribution in [0.2, 0.25) is 0 Å². The minimum Gasteiger partial charge on any atom is -0.478 e. The molecule has 6 heteroatoms. The van der Waals surface area contributed by atoms with Gasteiger partial charge in [0.1, 0.15) is 0 Å².